The molecular formula is C19H28ClN3O2. The quantitative estimate of drug-likeness (QED) is 0.842. The first-order valence-corrected chi connectivity index (χ1v) is 9.52. The van der Waals surface area contributed by atoms with Gasteiger partial charge in [-0.1, -0.05) is 11.6 Å². The second kappa shape index (κ2) is 8.39. The van der Waals surface area contributed by atoms with Crippen LogP contribution in [0.25, 0.3) is 0 Å². The number of amides is 1. The molecule has 2 heterocycles. The van der Waals surface area contributed by atoms with Gasteiger partial charge >= 0.3 is 0 Å². The number of methoxy groups -OCH3 is 1. The Bertz CT molecular complexity index is 609. The van der Waals surface area contributed by atoms with E-state index in [4.69, 9.17) is 16.3 Å². The number of hydrogen-bond acceptors (Lipinski definition) is 4. The van der Waals surface area contributed by atoms with E-state index in [1.807, 2.05) is 11.0 Å². The number of aryl methyl sites for hydroxylation is 1. The van der Waals surface area contributed by atoms with Crippen LogP contribution in [-0.2, 0) is 4.79 Å². The first kappa shape index (κ1) is 18.5. The van der Waals surface area contributed by atoms with Crippen LogP contribution in [0.5, 0.6) is 5.75 Å². The van der Waals surface area contributed by atoms with E-state index in [0.717, 1.165) is 51.3 Å². The minimum atomic E-state index is 0.289. The molecular weight excluding hydrogens is 338 g/mol. The van der Waals surface area contributed by atoms with Crippen LogP contribution in [-0.4, -0.2) is 50.3 Å². The highest BCUT2D eigenvalue weighted by atomic mass is 35.5. The summed E-state index contributed by atoms with van der Waals surface area (Å²) in [5, 5.41) is 7.28. The van der Waals surface area contributed by atoms with E-state index < -0.39 is 0 Å². The molecule has 6 heteroatoms. The number of rotatable bonds is 5. The van der Waals surface area contributed by atoms with Gasteiger partial charge in [0.25, 0.3) is 0 Å². The largest absolute Gasteiger partial charge is 0.495 e. The van der Waals surface area contributed by atoms with Crippen LogP contribution < -0.4 is 15.4 Å². The lowest BCUT2D eigenvalue weighted by Crippen LogP contribution is -2.38. The average Bonchev–Trinajstić information content (AvgIpc) is 3.14. The third-order valence-corrected chi connectivity index (χ3v) is 5.74. The smallest absolute Gasteiger partial charge is 0.222 e. The Morgan fingerprint density at radius 3 is 2.76 bits per heavy atom. The molecule has 3 rings (SSSR count). The van der Waals surface area contributed by atoms with Crippen LogP contribution in [0.15, 0.2) is 12.1 Å². The first-order chi connectivity index (χ1) is 12.1. The van der Waals surface area contributed by atoms with E-state index in [9.17, 15) is 4.79 Å². The molecule has 1 atom stereocenters. The van der Waals surface area contributed by atoms with Gasteiger partial charge in [-0.25, -0.2) is 0 Å². The van der Waals surface area contributed by atoms with Crippen molar-refractivity contribution in [3.8, 4) is 5.75 Å². The molecule has 25 heavy (non-hydrogen) atoms. The molecule has 0 radical (unpaired) electrons. The highest BCUT2D eigenvalue weighted by molar-refractivity contribution is 6.32. The van der Waals surface area contributed by atoms with Gasteiger partial charge in [0, 0.05) is 38.8 Å². The van der Waals surface area contributed by atoms with Crippen molar-refractivity contribution in [3.05, 3.63) is 28.3 Å². The molecule has 0 unspecified atom stereocenters. The molecule has 5 nitrogen and oxygen atoms in total. The third-order valence-electron chi connectivity index (χ3n) is 5.44. The molecule has 1 amide bonds. The van der Waals surface area contributed by atoms with E-state index in [1.165, 1.54) is 11.1 Å². The van der Waals surface area contributed by atoms with Crippen molar-refractivity contribution >= 4 is 17.5 Å². The Morgan fingerprint density at radius 1 is 1.36 bits per heavy atom. The number of halogens is 1. The summed E-state index contributed by atoms with van der Waals surface area (Å²) in [5.74, 6) is 1.49. The minimum Gasteiger partial charge on any atom is -0.495 e. The maximum Gasteiger partial charge on any atom is 0.222 e. The number of carbonyl (C=O) groups excluding carboxylic acids is 1. The predicted molar refractivity (Wildman–Crippen MR) is 100 cm³/mol. The summed E-state index contributed by atoms with van der Waals surface area (Å²) in [5.41, 5.74) is 2.50. The summed E-state index contributed by atoms with van der Waals surface area (Å²) in [6, 6.07) is 4.49. The van der Waals surface area contributed by atoms with Crippen molar-refractivity contribution in [2.75, 3.05) is 33.4 Å². The van der Waals surface area contributed by atoms with Crippen LogP contribution in [0, 0.1) is 6.92 Å². The Balaban J connectivity index is 1.53. The number of hydrogen-bond donors (Lipinski definition) is 2. The number of piperidine rings is 1. The van der Waals surface area contributed by atoms with Crippen LogP contribution in [0.1, 0.15) is 42.7 Å². The van der Waals surface area contributed by atoms with Crippen molar-refractivity contribution in [2.45, 2.75) is 44.6 Å². The number of carbonyl (C=O) groups is 1. The van der Waals surface area contributed by atoms with Gasteiger partial charge in [-0.3, -0.25) is 4.79 Å². The number of benzene rings is 1. The maximum atomic E-state index is 12.5. The lowest BCUT2D eigenvalue weighted by molar-refractivity contribution is -0.132. The zero-order valence-corrected chi connectivity index (χ0v) is 15.9. The first-order valence-electron chi connectivity index (χ1n) is 9.14. The molecule has 0 aromatic heterocycles. The molecule has 138 valence electrons. The molecule has 0 bridgehead atoms. The van der Waals surface area contributed by atoms with Gasteiger partial charge in [0.05, 0.1) is 12.1 Å². The summed E-state index contributed by atoms with van der Waals surface area (Å²) in [4.78, 5) is 14.5. The van der Waals surface area contributed by atoms with Gasteiger partial charge < -0.3 is 20.3 Å². The van der Waals surface area contributed by atoms with E-state index in [-0.39, 0.29) is 5.91 Å². The Morgan fingerprint density at radius 2 is 2.12 bits per heavy atom. The Kier molecular flexibility index (Phi) is 6.20. The normalized spacial score (nSPS) is 21.6. The summed E-state index contributed by atoms with van der Waals surface area (Å²) in [7, 11) is 1.65. The maximum absolute atomic E-state index is 12.5. The van der Waals surface area contributed by atoms with Crippen molar-refractivity contribution in [3.63, 3.8) is 0 Å². The summed E-state index contributed by atoms with van der Waals surface area (Å²) in [6.45, 7) is 5.59. The average molecular weight is 366 g/mol. The van der Waals surface area contributed by atoms with E-state index in [0.29, 0.717) is 23.4 Å². The summed E-state index contributed by atoms with van der Waals surface area (Å²) in [6.07, 6.45) is 3.55. The molecule has 2 aliphatic heterocycles. The minimum absolute atomic E-state index is 0.289. The van der Waals surface area contributed by atoms with Crippen molar-refractivity contribution in [2.24, 2.45) is 0 Å². The second-order valence-electron chi connectivity index (χ2n) is 7.07. The zero-order chi connectivity index (χ0) is 17.8. The highest BCUT2D eigenvalue weighted by Crippen LogP contribution is 2.36. The van der Waals surface area contributed by atoms with Crippen LogP contribution in [0.4, 0.5) is 0 Å². The molecule has 1 aromatic rings. The Hall–Kier alpha value is -1.30. The lowest BCUT2D eigenvalue weighted by Gasteiger charge is -2.33. The van der Waals surface area contributed by atoms with E-state index in [2.05, 4.69) is 23.6 Å². The molecule has 2 saturated heterocycles. The summed E-state index contributed by atoms with van der Waals surface area (Å²) >= 11 is 6.21. The number of nitrogens with one attached hydrogen (secondary N) is 2. The fraction of sp³-hybridized carbons (Fsp3) is 0.632. The molecule has 1 aromatic carbocycles. The van der Waals surface area contributed by atoms with Gasteiger partial charge in [0.15, 0.2) is 0 Å². The van der Waals surface area contributed by atoms with Gasteiger partial charge in [-0.15, -0.1) is 0 Å². The van der Waals surface area contributed by atoms with Crippen LogP contribution in [0.3, 0.4) is 0 Å². The number of nitrogens with zero attached hydrogens (tertiary/aromatic N) is 1. The van der Waals surface area contributed by atoms with Gasteiger partial charge in [-0.05, 0) is 55.4 Å². The Labute approximate surface area is 155 Å². The molecule has 2 N–H and O–H groups in total. The standard InChI is InChI=1S/C19H28ClN3O2/c1-13-9-17(20)18(25-2)10-16(13)14-5-7-23(8-6-14)19(24)4-3-15-11-21-12-22-15/h9-10,14-15,21-22H,3-8,11-12H2,1-2H3/t15-/m1/s1. The predicted octanol–water partition coefficient (Wildman–Crippen LogP) is 2.66. The van der Waals surface area contributed by atoms with Gasteiger partial charge in [0.1, 0.15) is 5.75 Å². The molecule has 0 aliphatic carbocycles. The van der Waals surface area contributed by atoms with Crippen LogP contribution >= 0.6 is 11.6 Å². The number of ether oxygens (including phenoxy) is 1. The molecule has 0 spiro atoms. The summed E-state index contributed by atoms with van der Waals surface area (Å²) < 4.78 is 5.36. The monoisotopic (exact) mass is 365 g/mol. The fourth-order valence-corrected chi connectivity index (χ4v) is 4.20. The lowest BCUT2D eigenvalue weighted by atomic mass is 9.86. The zero-order valence-electron chi connectivity index (χ0n) is 15.1. The van der Waals surface area contributed by atoms with Crippen molar-refractivity contribution in [1.82, 2.24) is 15.5 Å². The number of likely N-dealkylation sites (tertiary alicyclic amines) is 1. The topological polar surface area (TPSA) is 53.6 Å². The molecule has 2 aliphatic rings. The highest BCUT2D eigenvalue weighted by Gasteiger charge is 2.26. The van der Waals surface area contributed by atoms with Gasteiger partial charge in [-0.2, -0.15) is 0 Å². The van der Waals surface area contributed by atoms with E-state index in [1.54, 1.807) is 7.11 Å². The van der Waals surface area contributed by atoms with Crippen molar-refractivity contribution < 1.29 is 9.53 Å². The third kappa shape index (κ3) is 4.46. The second-order valence-corrected chi connectivity index (χ2v) is 7.48. The molecule has 2 fully saturated rings. The van der Waals surface area contributed by atoms with Gasteiger partial charge in [0.2, 0.25) is 5.91 Å². The molecule has 0 saturated carbocycles. The van der Waals surface area contributed by atoms with Crippen LogP contribution in [0.2, 0.25) is 5.02 Å². The fourth-order valence-electron chi connectivity index (χ4n) is 3.90. The van der Waals surface area contributed by atoms with E-state index >= 15 is 0 Å². The SMILES string of the molecule is COc1cc(C2CCN(C(=O)CC[C@@H]3CNCN3)CC2)c(C)cc1Cl. The van der Waals surface area contributed by atoms with Crippen molar-refractivity contribution in [1.29, 1.82) is 0 Å².